The van der Waals surface area contributed by atoms with Crippen LogP contribution in [0, 0.1) is 6.92 Å². The topological polar surface area (TPSA) is 72.7 Å². The number of rotatable bonds is 5. The van der Waals surface area contributed by atoms with Crippen LogP contribution in [-0.2, 0) is 11.2 Å². The molecule has 0 aliphatic carbocycles. The molecule has 3 aromatic rings. The summed E-state index contributed by atoms with van der Waals surface area (Å²) in [7, 11) is 0. The number of esters is 1. The van der Waals surface area contributed by atoms with Gasteiger partial charge in [-0.1, -0.05) is 6.92 Å². The summed E-state index contributed by atoms with van der Waals surface area (Å²) in [5, 5.41) is 3.35. The number of pyridine rings is 1. The first-order valence-corrected chi connectivity index (χ1v) is 9.80. The number of fused-ring (bicyclic) bond motifs is 1. The first-order chi connectivity index (χ1) is 12.4. The van der Waals surface area contributed by atoms with Crippen molar-refractivity contribution < 1.29 is 14.3 Å². The number of carbonyl (C=O) groups is 2. The molecular formula is C18H18BrN3O3S. The number of imidazole rings is 1. The van der Waals surface area contributed by atoms with Crippen LogP contribution in [0.4, 0.5) is 5.00 Å². The second kappa shape index (κ2) is 7.59. The Balaban J connectivity index is 2.00. The zero-order valence-corrected chi connectivity index (χ0v) is 17.0. The molecule has 26 heavy (non-hydrogen) atoms. The summed E-state index contributed by atoms with van der Waals surface area (Å²) >= 11 is 4.77. The van der Waals surface area contributed by atoms with E-state index in [0.717, 1.165) is 9.35 Å². The van der Waals surface area contributed by atoms with E-state index in [0.29, 0.717) is 34.0 Å². The number of carbonyl (C=O) groups excluding carboxylic acids is 2. The molecular weight excluding hydrogens is 418 g/mol. The number of nitrogens with zero attached hydrogens (tertiary/aromatic N) is 2. The van der Waals surface area contributed by atoms with Gasteiger partial charge in [0.05, 0.1) is 17.9 Å². The second-order valence-corrected chi connectivity index (χ2v) is 7.78. The van der Waals surface area contributed by atoms with E-state index in [-0.39, 0.29) is 12.5 Å². The Kier molecular flexibility index (Phi) is 5.43. The summed E-state index contributed by atoms with van der Waals surface area (Å²) in [5.41, 5.74) is 2.23. The lowest BCUT2D eigenvalue weighted by Gasteiger charge is -2.07. The Morgan fingerprint density at radius 2 is 2.12 bits per heavy atom. The molecule has 0 radical (unpaired) electrons. The molecule has 0 aromatic carbocycles. The molecule has 0 unspecified atom stereocenters. The van der Waals surface area contributed by atoms with Gasteiger partial charge in [-0.2, -0.15) is 0 Å². The summed E-state index contributed by atoms with van der Waals surface area (Å²) in [5.74, 6) is -0.747. The van der Waals surface area contributed by atoms with Crippen LogP contribution in [0.5, 0.6) is 0 Å². The van der Waals surface area contributed by atoms with Crippen molar-refractivity contribution in [3.05, 3.63) is 50.7 Å². The van der Waals surface area contributed by atoms with Crippen molar-refractivity contribution in [2.45, 2.75) is 27.2 Å². The van der Waals surface area contributed by atoms with Crippen LogP contribution in [0.25, 0.3) is 5.65 Å². The van der Waals surface area contributed by atoms with E-state index in [1.165, 1.54) is 11.3 Å². The third kappa shape index (κ3) is 3.52. The molecule has 136 valence electrons. The quantitative estimate of drug-likeness (QED) is 0.600. The van der Waals surface area contributed by atoms with Crippen LogP contribution >= 0.6 is 27.3 Å². The highest BCUT2D eigenvalue weighted by Crippen LogP contribution is 2.29. The van der Waals surface area contributed by atoms with E-state index in [9.17, 15) is 9.59 Å². The van der Waals surface area contributed by atoms with Crippen LogP contribution in [0.2, 0.25) is 0 Å². The predicted molar refractivity (Wildman–Crippen MR) is 105 cm³/mol. The third-order valence-electron chi connectivity index (χ3n) is 3.78. The Morgan fingerprint density at radius 3 is 2.81 bits per heavy atom. The molecule has 3 aromatic heterocycles. The lowest BCUT2D eigenvalue weighted by molar-refractivity contribution is 0.0528. The van der Waals surface area contributed by atoms with Crippen molar-refractivity contribution >= 4 is 49.8 Å². The molecule has 3 rings (SSSR count). The van der Waals surface area contributed by atoms with Gasteiger partial charge < -0.3 is 10.1 Å². The average molecular weight is 436 g/mol. The summed E-state index contributed by atoms with van der Waals surface area (Å²) in [6, 6.07) is 5.45. The molecule has 6 nitrogen and oxygen atoms in total. The fourth-order valence-electron chi connectivity index (χ4n) is 2.68. The lowest BCUT2D eigenvalue weighted by atomic mass is 10.2. The number of hydrogen-bond acceptors (Lipinski definition) is 5. The Morgan fingerprint density at radius 1 is 1.35 bits per heavy atom. The van der Waals surface area contributed by atoms with Crippen LogP contribution < -0.4 is 5.32 Å². The Hall–Kier alpha value is -2.19. The van der Waals surface area contributed by atoms with E-state index in [1.807, 2.05) is 32.2 Å². The Labute approximate surface area is 163 Å². The van der Waals surface area contributed by atoms with Gasteiger partial charge in [0.25, 0.3) is 5.91 Å². The number of hydrogen-bond donors (Lipinski definition) is 1. The zero-order valence-electron chi connectivity index (χ0n) is 14.6. The maximum atomic E-state index is 13.0. The van der Waals surface area contributed by atoms with Crippen LogP contribution in [0.1, 0.15) is 45.3 Å². The van der Waals surface area contributed by atoms with Gasteiger partial charge in [-0.05, 0) is 54.4 Å². The van der Waals surface area contributed by atoms with E-state index >= 15 is 0 Å². The van der Waals surface area contributed by atoms with Gasteiger partial charge in [0.1, 0.15) is 16.3 Å². The lowest BCUT2D eigenvalue weighted by Crippen LogP contribution is -2.17. The average Bonchev–Trinajstić information content (AvgIpc) is 3.14. The molecule has 0 aliphatic rings. The van der Waals surface area contributed by atoms with Crippen molar-refractivity contribution in [3.63, 3.8) is 0 Å². The largest absolute Gasteiger partial charge is 0.462 e. The number of aromatic nitrogens is 2. The second-order valence-electron chi connectivity index (χ2n) is 5.61. The maximum absolute atomic E-state index is 13.0. The van der Waals surface area contributed by atoms with E-state index in [4.69, 9.17) is 4.74 Å². The number of amides is 1. The normalized spacial score (nSPS) is 10.9. The van der Waals surface area contributed by atoms with Crippen LogP contribution in [0.3, 0.4) is 0 Å². The Bertz CT molecular complexity index is 993. The number of anilines is 1. The van der Waals surface area contributed by atoms with Gasteiger partial charge >= 0.3 is 5.97 Å². The first-order valence-electron chi connectivity index (χ1n) is 8.20. The molecule has 0 fully saturated rings. The van der Waals surface area contributed by atoms with Crippen LogP contribution in [-0.4, -0.2) is 27.9 Å². The number of ether oxygens (including phenoxy) is 1. The van der Waals surface area contributed by atoms with Gasteiger partial charge in [0.15, 0.2) is 0 Å². The van der Waals surface area contributed by atoms with E-state index in [1.54, 1.807) is 17.4 Å². The molecule has 0 bridgehead atoms. The molecule has 0 saturated carbocycles. The molecule has 3 heterocycles. The highest BCUT2D eigenvalue weighted by molar-refractivity contribution is 9.10. The van der Waals surface area contributed by atoms with E-state index < -0.39 is 5.97 Å². The number of thiophene rings is 1. The van der Waals surface area contributed by atoms with Gasteiger partial charge in [-0.3, -0.25) is 9.20 Å². The van der Waals surface area contributed by atoms with Crippen molar-refractivity contribution in [1.29, 1.82) is 0 Å². The molecule has 0 saturated heterocycles. The van der Waals surface area contributed by atoms with Gasteiger partial charge in [-0.25, -0.2) is 9.78 Å². The smallest absolute Gasteiger partial charge is 0.341 e. The SMILES string of the molecule is CCOC(=O)c1cc(C)sc1NC(=O)c1c(CC)nc2ccc(Br)cn12. The fraction of sp³-hybridized carbons (Fsp3) is 0.278. The molecule has 1 amide bonds. The third-order valence-corrected chi connectivity index (χ3v) is 5.22. The van der Waals surface area contributed by atoms with Crippen molar-refractivity contribution in [2.75, 3.05) is 11.9 Å². The van der Waals surface area contributed by atoms with Crippen molar-refractivity contribution in [1.82, 2.24) is 9.38 Å². The van der Waals surface area contributed by atoms with Gasteiger partial charge in [-0.15, -0.1) is 11.3 Å². The molecule has 0 aliphatic heterocycles. The first kappa shape index (κ1) is 18.6. The maximum Gasteiger partial charge on any atom is 0.341 e. The fourth-order valence-corrected chi connectivity index (χ4v) is 3.92. The van der Waals surface area contributed by atoms with Gasteiger partial charge in [0, 0.05) is 15.5 Å². The summed E-state index contributed by atoms with van der Waals surface area (Å²) in [6.45, 7) is 5.86. The summed E-state index contributed by atoms with van der Waals surface area (Å²) < 4.78 is 7.68. The highest BCUT2D eigenvalue weighted by Gasteiger charge is 2.22. The number of aryl methyl sites for hydroxylation is 2. The number of halogens is 1. The molecule has 0 spiro atoms. The molecule has 0 atom stereocenters. The van der Waals surface area contributed by atoms with Crippen molar-refractivity contribution in [2.24, 2.45) is 0 Å². The minimum atomic E-state index is -0.441. The van der Waals surface area contributed by atoms with Crippen LogP contribution in [0.15, 0.2) is 28.9 Å². The van der Waals surface area contributed by atoms with Gasteiger partial charge in [0.2, 0.25) is 0 Å². The predicted octanol–water partition coefficient (Wildman–Crippen LogP) is 4.46. The summed E-state index contributed by atoms with van der Waals surface area (Å²) in [6.07, 6.45) is 2.43. The molecule has 1 N–H and O–H groups in total. The minimum absolute atomic E-state index is 0.280. The number of nitrogens with one attached hydrogen (secondary N) is 1. The minimum Gasteiger partial charge on any atom is -0.462 e. The zero-order chi connectivity index (χ0) is 18.8. The standard InChI is InChI=1S/C18H18BrN3O3S/c1-4-13-15(22-9-11(19)6-7-14(22)20-13)16(23)21-17-12(8-10(3)26-17)18(24)25-5-2/h6-9H,4-5H2,1-3H3,(H,21,23). The molecule has 8 heteroatoms. The summed E-state index contributed by atoms with van der Waals surface area (Å²) in [4.78, 5) is 30.6. The monoisotopic (exact) mass is 435 g/mol. The van der Waals surface area contributed by atoms with E-state index in [2.05, 4.69) is 26.2 Å². The highest BCUT2D eigenvalue weighted by atomic mass is 79.9. The van der Waals surface area contributed by atoms with Crippen molar-refractivity contribution in [3.8, 4) is 0 Å².